The number of methoxy groups -OCH3 is 4. The number of benzene rings is 3. The summed E-state index contributed by atoms with van der Waals surface area (Å²) in [6.07, 6.45) is -0.416. The van der Waals surface area contributed by atoms with Crippen molar-refractivity contribution in [3.8, 4) is 23.0 Å². The summed E-state index contributed by atoms with van der Waals surface area (Å²) >= 11 is 0. The Labute approximate surface area is 203 Å². The molecule has 0 saturated heterocycles. The van der Waals surface area contributed by atoms with Crippen molar-refractivity contribution >= 4 is 17.4 Å². The van der Waals surface area contributed by atoms with Crippen molar-refractivity contribution in [1.82, 2.24) is 0 Å². The van der Waals surface area contributed by atoms with Gasteiger partial charge in [-0.1, -0.05) is 24.3 Å². The molecule has 1 amide bonds. The van der Waals surface area contributed by atoms with Gasteiger partial charge in [0.1, 0.15) is 0 Å². The van der Waals surface area contributed by atoms with Crippen molar-refractivity contribution in [2.45, 2.75) is 18.6 Å². The Morgan fingerprint density at radius 3 is 2.09 bits per heavy atom. The molecule has 3 aromatic carbocycles. The maximum absolute atomic E-state index is 13.6. The summed E-state index contributed by atoms with van der Waals surface area (Å²) in [6.45, 7) is 0.184. The van der Waals surface area contributed by atoms with Gasteiger partial charge in [0.2, 0.25) is 0 Å². The van der Waals surface area contributed by atoms with Crippen LogP contribution in [-0.4, -0.2) is 45.2 Å². The third-order valence-corrected chi connectivity index (χ3v) is 6.15. The molecule has 0 unspecified atom stereocenters. The number of para-hydroxylation sites is 1. The molecule has 8 nitrogen and oxygen atoms in total. The zero-order chi connectivity index (χ0) is 25.2. The molecule has 0 aromatic heterocycles. The molecule has 0 spiro atoms. The van der Waals surface area contributed by atoms with E-state index < -0.39 is 23.7 Å². The van der Waals surface area contributed by atoms with E-state index in [0.29, 0.717) is 39.8 Å². The number of carbonyl (C=O) groups is 2. The number of rotatable bonds is 9. The van der Waals surface area contributed by atoms with E-state index >= 15 is 0 Å². The fourth-order valence-corrected chi connectivity index (χ4v) is 4.34. The van der Waals surface area contributed by atoms with Gasteiger partial charge in [-0.2, -0.15) is 0 Å². The van der Waals surface area contributed by atoms with Gasteiger partial charge in [0.15, 0.2) is 34.4 Å². The predicted molar refractivity (Wildman–Crippen MR) is 130 cm³/mol. The maximum atomic E-state index is 13.6. The van der Waals surface area contributed by atoms with Crippen LogP contribution in [0, 0.1) is 0 Å². The number of nitrogens with zero attached hydrogens (tertiary/aromatic N) is 1. The number of amides is 1. The van der Waals surface area contributed by atoms with Gasteiger partial charge in [-0.3, -0.25) is 9.59 Å². The molecule has 3 aromatic rings. The van der Waals surface area contributed by atoms with Crippen molar-refractivity contribution in [2.75, 3.05) is 33.3 Å². The summed E-state index contributed by atoms with van der Waals surface area (Å²) in [5.41, 5.74) is 0.0207. The highest BCUT2D eigenvalue weighted by atomic mass is 16.5. The molecule has 1 atom stereocenters. The molecular weight excluding hydrogens is 450 g/mol. The fourth-order valence-electron chi connectivity index (χ4n) is 4.34. The van der Waals surface area contributed by atoms with Crippen LogP contribution in [0.5, 0.6) is 23.0 Å². The summed E-state index contributed by atoms with van der Waals surface area (Å²) in [6, 6.07) is 17.0. The van der Waals surface area contributed by atoms with E-state index in [1.165, 1.54) is 32.3 Å². The smallest absolute Gasteiger partial charge is 0.264 e. The summed E-state index contributed by atoms with van der Waals surface area (Å²) < 4.78 is 21.2. The molecular formula is C27H27NO7. The molecule has 0 fully saturated rings. The molecule has 1 N–H and O–H groups in total. The minimum absolute atomic E-state index is 0.184. The van der Waals surface area contributed by atoms with Crippen LogP contribution in [0.25, 0.3) is 0 Å². The predicted octanol–water partition coefficient (Wildman–Crippen LogP) is 3.73. The first-order chi connectivity index (χ1) is 16.9. The van der Waals surface area contributed by atoms with E-state index in [1.807, 2.05) is 6.07 Å². The highest BCUT2D eigenvalue weighted by Crippen LogP contribution is 2.44. The van der Waals surface area contributed by atoms with E-state index in [1.54, 1.807) is 55.6 Å². The second-order valence-corrected chi connectivity index (χ2v) is 8.13. The van der Waals surface area contributed by atoms with E-state index in [9.17, 15) is 14.7 Å². The van der Waals surface area contributed by atoms with Gasteiger partial charge in [-0.15, -0.1) is 0 Å². The Hall–Kier alpha value is -4.04. The highest BCUT2D eigenvalue weighted by Gasteiger charge is 2.50. The van der Waals surface area contributed by atoms with Gasteiger partial charge >= 0.3 is 0 Å². The molecule has 0 radical (unpaired) electrons. The number of ketones is 1. The molecule has 1 heterocycles. The first-order valence-electron chi connectivity index (χ1n) is 11.0. The first kappa shape index (κ1) is 24.1. The Kier molecular flexibility index (Phi) is 6.66. The minimum Gasteiger partial charge on any atom is -0.493 e. The molecule has 1 aliphatic heterocycles. The van der Waals surface area contributed by atoms with Crippen LogP contribution in [0.2, 0.25) is 0 Å². The van der Waals surface area contributed by atoms with Gasteiger partial charge in [-0.05, 0) is 42.0 Å². The lowest BCUT2D eigenvalue weighted by Crippen LogP contribution is -2.41. The zero-order valence-electron chi connectivity index (χ0n) is 20.0. The standard InChI is InChI=1S/C27H27NO7/c1-32-22-11-9-17(13-24(22)34-3)16-28-20-8-6-5-7-19(20)27(31,26(28)30)15-21(29)18-10-12-23(33-2)25(14-18)35-4/h5-14,31H,15-16H2,1-4H3/t27-/m1/s1. The number of carbonyl (C=O) groups excluding carboxylic acids is 2. The van der Waals surface area contributed by atoms with Gasteiger partial charge in [0.05, 0.1) is 47.1 Å². The monoisotopic (exact) mass is 477 g/mol. The molecule has 0 saturated carbocycles. The highest BCUT2D eigenvalue weighted by molar-refractivity contribution is 6.10. The van der Waals surface area contributed by atoms with E-state index in [2.05, 4.69) is 0 Å². The van der Waals surface area contributed by atoms with E-state index in [4.69, 9.17) is 18.9 Å². The Bertz CT molecular complexity index is 1270. The molecule has 35 heavy (non-hydrogen) atoms. The van der Waals surface area contributed by atoms with Crippen molar-refractivity contribution in [1.29, 1.82) is 0 Å². The Morgan fingerprint density at radius 1 is 0.829 bits per heavy atom. The first-order valence-corrected chi connectivity index (χ1v) is 11.0. The normalized spacial score (nSPS) is 16.6. The van der Waals surface area contributed by atoms with Crippen LogP contribution in [0.3, 0.4) is 0 Å². The van der Waals surface area contributed by atoms with Gasteiger partial charge in [-0.25, -0.2) is 0 Å². The largest absolute Gasteiger partial charge is 0.493 e. The van der Waals surface area contributed by atoms with Crippen molar-refractivity contribution < 1.29 is 33.6 Å². The third-order valence-electron chi connectivity index (χ3n) is 6.15. The van der Waals surface area contributed by atoms with Crippen LogP contribution in [0.4, 0.5) is 5.69 Å². The minimum atomic E-state index is -2.00. The van der Waals surface area contributed by atoms with Crippen molar-refractivity contribution in [2.24, 2.45) is 0 Å². The zero-order valence-corrected chi connectivity index (χ0v) is 20.0. The lowest BCUT2D eigenvalue weighted by molar-refractivity contribution is -0.136. The number of hydrogen-bond donors (Lipinski definition) is 1. The average Bonchev–Trinajstić information content (AvgIpc) is 3.09. The number of ether oxygens (including phenoxy) is 4. The van der Waals surface area contributed by atoms with E-state index in [-0.39, 0.29) is 6.54 Å². The number of aliphatic hydroxyl groups is 1. The van der Waals surface area contributed by atoms with Gasteiger partial charge < -0.3 is 29.0 Å². The Balaban J connectivity index is 1.65. The van der Waals surface area contributed by atoms with Crippen LogP contribution >= 0.6 is 0 Å². The number of Topliss-reactive ketones (excluding diaryl/α,β-unsaturated/α-hetero) is 1. The summed E-state index contributed by atoms with van der Waals surface area (Å²) in [4.78, 5) is 28.3. The molecule has 0 aliphatic carbocycles. The molecule has 4 rings (SSSR count). The van der Waals surface area contributed by atoms with Crippen molar-refractivity contribution in [3.63, 3.8) is 0 Å². The van der Waals surface area contributed by atoms with E-state index in [0.717, 1.165) is 5.56 Å². The SMILES string of the molecule is COc1ccc(CN2C(=O)[C@@](O)(CC(=O)c3ccc(OC)c(OC)c3)c3ccccc32)cc1OC. The molecule has 182 valence electrons. The van der Waals surface area contributed by atoms with Crippen LogP contribution in [0.1, 0.15) is 27.9 Å². The molecule has 8 heteroatoms. The number of anilines is 1. The van der Waals surface area contributed by atoms with Gasteiger partial charge in [0, 0.05) is 11.1 Å². The third kappa shape index (κ3) is 4.28. The maximum Gasteiger partial charge on any atom is 0.264 e. The molecule has 0 bridgehead atoms. The number of fused-ring (bicyclic) bond motifs is 1. The quantitative estimate of drug-likeness (QED) is 0.469. The second-order valence-electron chi connectivity index (χ2n) is 8.13. The lowest BCUT2D eigenvalue weighted by atomic mass is 9.88. The Morgan fingerprint density at radius 2 is 1.43 bits per heavy atom. The van der Waals surface area contributed by atoms with Crippen LogP contribution in [0.15, 0.2) is 60.7 Å². The second kappa shape index (κ2) is 9.68. The van der Waals surface area contributed by atoms with Crippen LogP contribution in [-0.2, 0) is 16.9 Å². The topological polar surface area (TPSA) is 94.5 Å². The van der Waals surface area contributed by atoms with Crippen molar-refractivity contribution in [3.05, 3.63) is 77.4 Å². The van der Waals surface area contributed by atoms with Gasteiger partial charge in [0.25, 0.3) is 5.91 Å². The average molecular weight is 478 g/mol. The lowest BCUT2D eigenvalue weighted by Gasteiger charge is -2.23. The summed E-state index contributed by atoms with van der Waals surface area (Å²) in [7, 11) is 6.06. The fraction of sp³-hybridized carbons (Fsp3) is 0.259. The summed E-state index contributed by atoms with van der Waals surface area (Å²) in [5, 5.41) is 11.6. The van der Waals surface area contributed by atoms with Crippen LogP contribution < -0.4 is 23.8 Å². The molecule has 1 aliphatic rings. The summed E-state index contributed by atoms with van der Waals surface area (Å²) in [5.74, 6) is 1.00. The number of hydrogen-bond acceptors (Lipinski definition) is 7.